The maximum atomic E-state index is 6.35. The van der Waals surface area contributed by atoms with Crippen molar-refractivity contribution in [2.24, 2.45) is 0 Å². The lowest BCUT2D eigenvalue weighted by atomic mass is 9.79. The predicted molar refractivity (Wildman–Crippen MR) is 598 cm³/mol. The van der Waals surface area contributed by atoms with Crippen molar-refractivity contribution in [1.82, 2.24) is 13.7 Å². The minimum atomic E-state index is -2.70. The zero-order valence-corrected chi connectivity index (χ0v) is 81.6. The number of hydrogen-bond donors (Lipinski definition) is 0. The van der Waals surface area contributed by atoms with Gasteiger partial charge in [0.1, 0.15) is 4.83 Å². The number of para-hydroxylation sites is 4. The minimum Gasteiger partial charge on any atom is -0.399 e. The molecule has 0 aliphatic carbocycles. The third-order valence-electron chi connectivity index (χ3n) is 24.6. The van der Waals surface area contributed by atoms with Crippen LogP contribution in [0.15, 0.2) is 388 Å². The second kappa shape index (κ2) is 43.9. The number of terminal acetylenes is 2. The number of thiophene rings is 1. The van der Waals surface area contributed by atoms with E-state index in [-0.39, 0.29) is 18.3 Å². The summed E-state index contributed by atoms with van der Waals surface area (Å²) in [5.74, 6) is 68.2. The normalized spacial score (nSPS) is 11.4. The first-order valence-electron chi connectivity index (χ1n) is 44.8. The smallest absolute Gasteiger partial charge is 0.399 e. The van der Waals surface area contributed by atoms with Gasteiger partial charge in [0.05, 0.1) is 38.8 Å². The van der Waals surface area contributed by atoms with Crippen LogP contribution >= 0.6 is 33.9 Å². The molecule has 5 nitrogen and oxygen atoms in total. The van der Waals surface area contributed by atoms with Crippen molar-refractivity contribution in [3.8, 4) is 207 Å². The minimum absolute atomic E-state index is 0.376. The molecule has 1 aliphatic heterocycles. The molecule has 139 heavy (non-hydrogen) atoms. The lowest BCUT2D eigenvalue weighted by molar-refractivity contribution is 0.00578. The summed E-state index contributed by atoms with van der Waals surface area (Å²) in [6.45, 7) is 8.38. The first-order valence-corrected chi connectivity index (χ1v) is 51.7. The number of rotatable bonds is 13. The van der Waals surface area contributed by atoms with E-state index >= 15 is 0 Å². The van der Waals surface area contributed by atoms with E-state index in [0.29, 0.717) is 0 Å². The molecule has 0 unspecified atom stereocenters. The van der Waals surface area contributed by atoms with Gasteiger partial charge in [-0.15, -0.1) is 24.2 Å². The van der Waals surface area contributed by atoms with Crippen molar-refractivity contribution in [3.63, 3.8) is 0 Å². The summed E-state index contributed by atoms with van der Waals surface area (Å²) in [6.07, 6.45) is 9.83. The second-order valence-corrected chi connectivity index (χ2v) is 41.4. The summed E-state index contributed by atoms with van der Waals surface area (Å²) < 4.78 is 21.3. The number of alkyl halides is 1. The Morgan fingerprint density at radius 2 is 0.532 bits per heavy atom. The Morgan fingerprint density at radius 1 is 0.259 bits per heavy atom. The Hall–Kier alpha value is -17.8. The molecular formula is C129H81BIN3O2SSi2. The molecule has 1 fully saturated rings. The number of nitrogens with zero attached hydrogens (tertiary/aromatic N) is 3. The Morgan fingerprint density at radius 3 is 0.871 bits per heavy atom. The van der Waals surface area contributed by atoms with Crippen molar-refractivity contribution in [1.29, 1.82) is 0 Å². The summed E-state index contributed by atoms with van der Waals surface area (Å²) in [7, 11) is -5.74. The fourth-order valence-corrected chi connectivity index (χ4v) is 29.0. The highest BCUT2D eigenvalue weighted by Gasteiger charge is 2.52. The second-order valence-electron chi connectivity index (χ2n) is 32.8. The maximum Gasteiger partial charge on any atom is 0.494 e. The average molecular weight is 1930 g/mol. The van der Waals surface area contributed by atoms with Crippen LogP contribution in [-0.2, 0) is 9.31 Å². The molecule has 0 bridgehead atoms. The topological polar surface area (TPSA) is 33.2 Å². The van der Waals surface area contributed by atoms with Gasteiger partial charge in [0.25, 0.3) is 0 Å². The van der Waals surface area contributed by atoms with E-state index in [4.69, 9.17) is 22.2 Å². The molecule has 10 heteroatoms. The van der Waals surface area contributed by atoms with Gasteiger partial charge in [-0.05, 0) is 252 Å². The highest BCUT2D eigenvalue weighted by molar-refractivity contribution is 14.1. The van der Waals surface area contributed by atoms with E-state index in [1.165, 1.54) is 133 Å². The fraction of sp³-hybridized carbons (Fsp3) is 0.0543. The van der Waals surface area contributed by atoms with Gasteiger partial charge in [0.2, 0.25) is 0 Å². The lowest BCUT2D eigenvalue weighted by Gasteiger charge is -2.34. The van der Waals surface area contributed by atoms with Crippen molar-refractivity contribution in [2.45, 2.75) is 38.9 Å². The van der Waals surface area contributed by atoms with E-state index < -0.39 is 16.1 Å². The van der Waals surface area contributed by atoms with Crippen molar-refractivity contribution >= 4 is 179 Å². The molecule has 0 radical (unpaired) electrons. The molecule has 0 amide bonds. The molecule has 0 spiro atoms. The standard InChI is InChI=1S/C56H38N2SSi.C42H38BNO2Si.C30H2.CH3I/c1-5-18-40(19-6-1)58-52-31-16-14-27-48(52)54-49-29-17-28-46(55(49)59-56(54)58)39-32-34-41(35-33-39)57-51-30-15-13-26-47(51)50-38-45(36-37-53(50)57)60(42-20-7-2-8-21-42,43-22-9-3-10-23-43)44-24-11-4-12-25-44;1-41(2)42(3,4)46-43(45-41)31-24-26-32(27-25-31)44-39-23-15-14-22-37(39)38-30-36(28-29-40(38)44)47(33-16-8-5-9-17-33,34-18-10-6-11-19-34)35-20-12-7-13-21-35;1-3-5-7-9-11-13-15-17-19-21-23-25-27-29-30-28-26-24-22-20-18-16-14-12-10-8-6-4-2;1-2/h1-38H;5-30H,1-4H3;1-2H;1H3. The van der Waals surface area contributed by atoms with E-state index in [1.807, 2.05) is 16.3 Å². The molecule has 4 aromatic heterocycles. The number of hydrogen-bond acceptors (Lipinski definition) is 3. The van der Waals surface area contributed by atoms with Crippen molar-refractivity contribution < 1.29 is 9.31 Å². The third-order valence-corrected chi connectivity index (χ3v) is 35.4. The number of aromatic nitrogens is 3. The van der Waals surface area contributed by atoms with E-state index in [2.05, 4.69) is 618 Å². The Labute approximate surface area is 833 Å². The maximum absolute atomic E-state index is 6.35. The van der Waals surface area contributed by atoms with Gasteiger partial charge in [-0.2, -0.15) is 0 Å². The van der Waals surface area contributed by atoms with Gasteiger partial charge in [-0.3, -0.25) is 0 Å². The van der Waals surface area contributed by atoms with Crippen LogP contribution < -0.4 is 47.0 Å². The Balaban J connectivity index is 0.000000151. The summed E-state index contributed by atoms with van der Waals surface area (Å²) in [4.78, 5) is 3.25. The van der Waals surface area contributed by atoms with E-state index in [1.54, 1.807) is 0 Å². The monoisotopic (exact) mass is 1930 g/mol. The zero-order chi connectivity index (χ0) is 95.7. The first kappa shape index (κ1) is 93.0. The van der Waals surface area contributed by atoms with Gasteiger partial charge in [-0.25, -0.2) is 0 Å². The highest BCUT2D eigenvalue weighted by atomic mass is 127. The molecule has 648 valence electrons. The molecule has 15 aromatic carbocycles. The summed E-state index contributed by atoms with van der Waals surface area (Å²) in [5, 5.41) is 20.0. The zero-order valence-electron chi connectivity index (χ0n) is 76.6. The van der Waals surface area contributed by atoms with Gasteiger partial charge < -0.3 is 23.0 Å². The number of fused-ring (bicyclic) bond motifs is 11. The molecule has 0 saturated carbocycles. The quantitative estimate of drug-likeness (QED) is 0.0379. The fourth-order valence-electron chi connectivity index (χ4n) is 18.0. The summed E-state index contributed by atoms with van der Waals surface area (Å²) >= 11 is 4.05. The third kappa shape index (κ3) is 19.5. The molecule has 0 N–H and O–H groups in total. The van der Waals surface area contributed by atoms with Gasteiger partial charge in [-0.1, -0.05) is 344 Å². The first-order chi connectivity index (χ1) is 68.5. The van der Waals surface area contributed by atoms with Gasteiger partial charge in [0.15, 0.2) is 16.1 Å². The lowest BCUT2D eigenvalue weighted by Crippen LogP contribution is -2.74. The number of benzene rings is 15. The van der Waals surface area contributed by atoms with Gasteiger partial charge in [0, 0.05) is 131 Å². The van der Waals surface area contributed by atoms with E-state index in [9.17, 15) is 0 Å². The van der Waals surface area contributed by atoms with Crippen LogP contribution in [0.25, 0.3) is 103 Å². The molecule has 19 aromatic rings. The molecule has 20 rings (SSSR count). The van der Waals surface area contributed by atoms with Crippen LogP contribution in [0.5, 0.6) is 0 Å². The van der Waals surface area contributed by atoms with Gasteiger partial charge >= 0.3 is 7.12 Å². The van der Waals surface area contributed by atoms with Crippen molar-refractivity contribution in [3.05, 3.63) is 388 Å². The van der Waals surface area contributed by atoms with Crippen molar-refractivity contribution in [2.75, 3.05) is 4.93 Å². The van der Waals surface area contributed by atoms with Crippen LogP contribution in [0.1, 0.15) is 27.7 Å². The van der Waals surface area contributed by atoms with E-state index in [0.717, 1.165) is 16.8 Å². The Bertz CT molecular complexity index is 8610. The van der Waals surface area contributed by atoms with Crippen LogP contribution in [0.4, 0.5) is 0 Å². The van der Waals surface area contributed by atoms with Crippen LogP contribution in [0.2, 0.25) is 0 Å². The van der Waals surface area contributed by atoms with Crippen LogP contribution in [-0.4, -0.2) is 53.1 Å². The summed E-state index contributed by atoms with van der Waals surface area (Å²) in [5.41, 5.74) is 12.3. The molecule has 1 saturated heterocycles. The van der Waals surface area contributed by atoms with Crippen LogP contribution in [0, 0.1) is 179 Å². The largest absolute Gasteiger partial charge is 0.494 e. The molecule has 0 atom stereocenters. The number of halogens is 1. The predicted octanol–water partition coefficient (Wildman–Crippen LogP) is 19.9. The Kier molecular flexibility index (Phi) is 29.4. The SMILES string of the molecule is C#CC#CC#CC#CC#CC#CC#CC#CC#CC#CC#CC#CC#CC#CC#C.CC1(C)OB(c2ccc(-n3c4ccccc4c4cc([Si](c5ccccc5)(c5ccccc5)c5ccccc5)ccc43)cc2)OC1(C)C.CI.c1ccc(-n2c3ccccc3c3c4cccc(-c5ccc(-n6c7ccccc7c7cc([Si](c8ccccc8)(c8ccccc8)c8ccccc8)ccc76)cc5)c4sc32)cc1. The summed E-state index contributed by atoms with van der Waals surface area (Å²) in [6, 6.07) is 143. The average Bonchev–Trinajstić information content (AvgIpc) is 1.35. The molecular weight excluding hydrogens is 1850 g/mol. The highest BCUT2D eigenvalue weighted by Crippen LogP contribution is 2.46. The molecule has 1 aliphatic rings. The van der Waals surface area contributed by atoms with Crippen LogP contribution in [0.3, 0.4) is 0 Å². The molecule has 5 heterocycles.